The number of esters is 3. The van der Waals surface area contributed by atoms with Crippen LogP contribution in [0.2, 0.25) is 0 Å². The van der Waals surface area contributed by atoms with Crippen molar-refractivity contribution >= 4 is 17.9 Å². The molecule has 0 saturated carbocycles. The van der Waals surface area contributed by atoms with Crippen molar-refractivity contribution in [1.29, 1.82) is 0 Å². The van der Waals surface area contributed by atoms with Gasteiger partial charge in [0.05, 0.1) is 0 Å². The van der Waals surface area contributed by atoms with Gasteiger partial charge in [0.2, 0.25) is 0 Å². The van der Waals surface area contributed by atoms with Gasteiger partial charge in [-0.2, -0.15) is 0 Å². The van der Waals surface area contributed by atoms with Crippen molar-refractivity contribution in [1.82, 2.24) is 29.5 Å². The first-order chi connectivity index (χ1) is 17.5. The first kappa shape index (κ1) is 30.5. The van der Waals surface area contributed by atoms with Crippen LogP contribution in [0.1, 0.15) is 20.8 Å². The molecule has 0 bridgehead atoms. The second-order valence-electron chi connectivity index (χ2n) is 7.33. The lowest BCUT2D eigenvalue weighted by molar-refractivity contribution is -0.331. The number of ether oxygens (including phenoxy) is 3. The van der Waals surface area contributed by atoms with E-state index in [-0.39, 0.29) is 21.3 Å². The number of nitrogens with zero attached hydrogens (tertiary/aromatic N) is 1. The molecule has 18 heteroatoms. The first-order valence-electron chi connectivity index (χ1n) is 9.99. The van der Waals surface area contributed by atoms with Gasteiger partial charge in [-0.05, 0) is 20.8 Å². The Morgan fingerprint density at radius 2 is 0.868 bits per heavy atom. The third-order valence-corrected chi connectivity index (χ3v) is 3.75. The highest BCUT2D eigenvalue weighted by molar-refractivity contribution is 5.90. The molecular weight excluding hydrogens is 516 g/mol. The number of carbonyl (C=O) groups is 3. The Labute approximate surface area is 209 Å². The summed E-state index contributed by atoms with van der Waals surface area (Å²) in [5.74, 6) is -6.45. The van der Waals surface area contributed by atoms with Crippen molar-refractivity contribution < 1.29 is 28.6 Å². The summed E-state index contributed by atoms with van der Waals surface area (Å²) < 4.78 is 15.2. The molecule has 5 N–H and O–H groups in total. The number of hydrogen-bond acceptors (Lipinski definition) is 12. The number of aromatic amines is 5. The molecule has 2 aromatic rings. The SMILES string of the molecule is C=C(C)C(=O)OC(Cn1c(=O)[nH]c(=O)[nH]c1=O)(OC(=O)C(=C)C)OC(=O)C(=C)C.O=c1[nH]c(=O)[nH]c(=O)[nH]1. The maximum Gasteiger partial charge on any atom is 0.443 e. The summed E-state index contributed by atoms with van der Waals surface area (Å²) in [5, 5.41) is 0. The molecule has 0 radical (unpaired) electrons. The van der Waals surface area contributed by atoms with Gasteiger partial charge in [0.1, 0.15) is 0 Å². The van der Waals surface area contributed by atoms with Gasteiger partial charge < -0.3 is 14.2 Å². The minimum Gasteiger partial charge on any atom is -0.383 e. The third kappa shape index (κ3) is 8.91. The van der Waals surface area contributed by atoms with Crippen LogP contribution in [0.5, 0.6) is 0 Å². The van der Waals surface area contributed by atoms with E-state index in [9.17, 15) is 43.2 Å². The normalized spacial score (nSPS) is 10.3. The average Bonchev–Trinajstić information content (AvgIpc) is 2.75. The second kappa shape index (κ2) is 12.4. The summed E-state index contributed by atoms with van der Waals surface area (Å²) >= 11 is 0. The number of H-pyrrole nitrogens is 5. The fourth-order valence-electron chi connectivity index (χ4n) is 2.04. The Bertz CT molecular complexity index is 1460. The fourth-order valence-corrected chi connectivity index (χ4v) is 2.04. The summed E-state index contributed by atoms with van der Waals surface area (Å²) in [5.41, 5.74) is -6.59. The third-order valence-electron chi connectivity index (χ3n) is 3.75. The van der Waals surface area contributed by atoms with Crippen molar-refractivity contribution in [2.24, 2.45) is 0 Å². The molecule has 0 atom stereocenters. The molecule has 0 aliphatic rings. The highest BCUT2D eigenvalue weighted by Crippen LogP contribution is 2.22. The summed E-state index contributed by atoms with van der Waals surface area (Å²) in [4.78, 5) is 111. The molecule has 204 valence electrons. The molecule has 0 amide bonds. The Kier molecular flexibility index (Phi) is 9.96. The molecule has 2 aromatic heterocycles. The Hall–Kier alpha value is -5.55. The van der Waals surface area contributed by atoms with Crippen LogP contribution >= 0.6 is 0 Å². The van der Waals surface area contributed by atoms with E-state index >= 15 is 0 Å². The zero-order valence-electron chi connectivity index (χ0n) is 20.2. The lowest BCUT2D eigenvalue weighted by Gasteiger charge is -2.31. The molecule has 0 unspecified atom stereocenters. The largest absolute Gasteiger partial charge is 0.443 e. The van der Waals surface area contributed by atoms with Crippen molar-refractivity contribution in [3.8, 4) is 0 Å². The lowest BCUT2D eigenvalue weighted by Crippen LogP contribution is -2.54. The summed E-state index contributed by atoms with van der Waals surface area (Å²) in [6, 6.07) is 0. The van der Waals surface area contributed by atoms with Gasteiger partial charge in [-0.1, -0.05) is 19.7 Å². The molecule has 18 nitrogen and oxygen atoms in total. The zero-order chi connectivity index (χ0) is 29.4. The van der Waals surface area contributed by atoms with Crippen LogP contribution < -0.4 is 34.1 Å². The molecule has 0 aromatic carbocycles. The van der Waals surface area contributed by atoms with E-state index in [4.69, 9.17) is 14.2 Å². The summed E-state index contributed by atoms with van der Waals surface area (Å²) in [6.45, 7) is 12.7. The zero-order valence-corrected chi connectivity index (χ0v) is 20.2. The highest BCUT2D eigenvalue weighted by atomic mass is 16.9. The molecule has 0 saturated heterocycles. The van der Waals surface area contributed by atoms with Crippen LogP contribution in [-0.2, 0) is 35.1 Å². The van der Waals surface area contributed by atoms with E-state index in [1.54, 1.807) is 24.9 Å². The smallest absolute Gasteiger partial charge is 0.383 e. The topological polar surface area (TPSA) is 265 Å². The van der Waals surface area contributed by atoms with Gasteiger partial charge in [-0.15, -0.1) is 0 Å². The van der Waals surface area contributed by atoms with Crippen molar-refractivity contribution in [3.05, 3.63) is 99.4 Å². The van der Waals surface area contributed by atoms with Gasteiger partial charge in [-0.25, -0.2) is 47.7 Å². The number of hydrogen-bond donors (Lipinski definition) is 5. The minimum absolute atomic E-state index is 0.185. The van der Waals surface area contributed by atoms with Gasteiger partial charge >= 0.3 is 58.0 Å². The van der Waals surface area contributed by atoms with Crippen LogP contribution in [0.15, 0.2) is 65.2 Å². The lowest BCUT2D eigenvalue weighted by atomic mass is 10.3. The van der Waals surface area contributed by atoms with Gasteiger partial charge in [0, 0.05) is 16.7 Å². The Morgan fingerprint density at radius 3 is 1.13 bits per heavy atom. The maximum absolute atomic E-state index is 12.1. The van der Waals surface area contributed by atoms with E-state index in [1.165, 1.54) is 20.8 Å². The van der Waals surface area contributed by atoms with Crippen molar-refractivity contribution in [3.63, 3.8) is 0 Å². The highest BCUT2D eigenvalue weighted by Gasteiger charge is 2.46. The van der Waals surface area contributed by atoms with E-state index in [1.807, 2.05) is 0 Å². The van der Waals surface area contributed by atoms with Crippen LogP contribution in [0.4, 0.5) is 0 Å². The van der Waals surface area contributed by atoms with Crippen LogP contribution in [0, 0.1) is 0 Å². The fraction of sp³-hybridized carbons (Fsp3) is 0.250. The molecule has 0 aliphatic heterocycles. The molecule has 2 heterocycles. The maximum atomic E-state index is 12.1. The van der Waals surface area contributed by atoms with Gasteiger partial charge in [-0.3, -0.25) is 24.9 Å². The second-order valence-corrected chi connectivity index (χ2v) is 7.33. The average molecular weight is 538 g/mol. The molecule has 0 aliphatic carbocycles. The predicted molar refractivity (Wildman–Crippen MR) is 126 cm³/mol. The Morgan fingerprint density at radius 1 is 0.605 bits per heavy atom. The molecular formula is C20H22N6O12. The Balaban J connectivity index is 0.000000671. The molecule has 38 heavy (non-hydrogen) atoms. The van der Waals surface area contributed by atoms with Crippen LogP contribution in [-0.4, -0.2) is 53.4 Å². The number of aromatic nitrogens is 6. The molecule has 2 rings (SSSR count). The monoisotopic (exact) mass is 538 g/mol. The summed E-state index contributed by atoms with van der Waals surface area (Å²) in [6.07, 6.45) is 0. The van der Waals surface area contributed by atoms with Crippen LogP contribution in [0.3, 0.4) is 0 Å². The van der Waals surface area contributed by atoms with E-state index in [2.05, 4.69) is 19.7 Å². The quantitative estimate of drug-likeness (QED) is 0.128. The molecule has 0 fully saturated rings. The first-order valence-corrected chi connectivity index (χ1v) is 9.99. The van der Waals surface area contributed by atoms with Crippen molar-refractivity contribution in [2.75, 3.05) is 0 Å². The van der Waals surface area contributed by atoms with Gasteiger partial charge in [0.15, 0.2) is 6.54 Å². The number of rotatable bonds is 8. The number of nitrogens with one attached hydrogen (secondary N) is 5. The minimum atomic E-state index is -2.92. The van der Waals surface area contributed by atoms with E-state index in [0.29, 0.717) is 0 Å². The predicted octanol–water partition coefficient (Wildman–Crippen LogP) is -3.01. The van der Waals surface area contributed by atoms with Crippen molar-refractivity contribution in [2.45, 2.75) is 33.3 Å². The molecule has 0 spiro atoms. The summed E-state index contributed by atoms with van der Waals surface area (Å²) in [7, 11) is 0. The van der Waals surface area contributed by atoms with Crippen LogP contribution in [0.25, 0.3) is 0 Å². The number of carbonyl (C=O) groups excluding carboxylic acids is 3. The van der Waals surface area contributed by atoms with Gasteiger partial charge in [0.25, 0.3) is 0 Å². The van der Waals surface area contributed by atoms with E-state index < -0.39 is 64.6 Å². The standard InChI is InChI=1S/C17H19N3O9.C3H3N3O3/c1-8(2)11(21)27-17(28-12(22)9(3)4,29-13(23)10(5)6)7-20-15(25)18-14(24)19-16(20)26;7-1-4-2(8)6-3(9)5-1/h1,3,5,7H2,2,4,6H3,(H2,18,19,24,25,26);(H3,4,5,6,7,8,9). The van der Waals surface area contributed by atoms with E-state index in [0.717, 1.165) is 0 Å².